The Morgan fingerprint density at radius 1 is 1.40 bits per heavy atom. The van der Waals surface area contributed by atoms with Crippen molar-refractivity contribution in [2.75, 3.05) is 0 Å². The Morgan fingerprint density at radius 2 is 2.30 bits per heavy atom. The third-order valence-corrected chi connectivity index (χ3v) is 2.48. The van der Waals surface area contributed by atoms with Crippen molar-refractivity contribution in [2.45, 2.75) is 31.7 Å². The standard InChI is InChI=1S/C9H13N/c10-9-6-5-7-3-1-2-4-8(7)9/h2,4,9H,1,3,5-6,10H2/t9-/m0/s1. The van der Waals surface area contributed by atoms with Crippen molar-refractivity contribution < 1.29 is 0 Å². The molecule has 0 radical (unpaired) electrons. The number of hydrogen-bond donors (Lipinski definition) is 1. The summed E-state index contributed by atoms with van der Waals surface area (Å²) in [5.41, 5.74) is 8.94. The molecule has 0 aliphatic heterocycles. The number of nitrogens with two attached hydrogens (primary N) is 1. The minimum atomic E-state index is 0.353. The van der Waals surface area contributed by atoms with Crippen LogP contribution in [0.3, 0.4) is 0 Å². The van der Waals surface area contributed by atoms with Gasteiger partial charge >= 0.3 is 0 Å². The summed E-state index contributed by atoms with van der Waals surface area (Å²) in [7, 11) is 0. The molecular formula is C9H13N. The molecule has 0 amide bonds. The van der Waals surface area contributed by atoms with E-state index in [1.807, 2.05) is 0 Å². The predicted molar refractivity (Wildman–Crippen MR) is 42.6 cm³/mol. The van der Waals surface area contributed by atoms with Gasteiger partial charge in [0.2, 0.25) is 0 Å². The molecule has 0 saturated carbocycles. The van der Waals surface area contributed by atoms with Gasteiger partial charge in [-0.15, -0.1) is 0 Å². The fourth-order valence-electron chi connectivity index (χ4n) is 1.87. The lowest BCUT2D eigenvalue weighted by molar-refractivity contribution is 0.756. The maximum absolute atomic E-state index is 5.88. The highest BCUT2D eigenvalue weighted by Gasteiger charge is 2.20. The Morgan fingerprint density at radius 3 is 3.10 bits per heavy atom. The molecule has 0 fully saturated rings. The van der Waals surface area contributed by atoms with Crippen molar-refractivity contribution in [1.82, 2.24) is 0 Å². The normalized spacial score (nSPS) is 31.1. The van der Waals surface area contributed by atoms with E-state index < -0.39 is 0 Å². The average Bonchev–Trinajstić information content (AvgIpc) is 2.34. The van der Waals surface area contributed by atoms with Crippen molar-refractivity contribution >= 4 is 0 Å². The van der Waals surface area contributed by atoms with Crippen molar-refractivity contribution in [3.8, 4) is 0 Å². The van der Waals surface area contributed by atoms with Gasteiger partial charge in [0.05, 0.1) is 0 Å². The molecule has 2 aliphatic rings. The molecule has 0 heterocycles. The van der Waals surface area contributed by atoms with Gasteiger partial charge in [-0.1, -0.05) is 17.7 Å². The van der Waals surface area contributed by atoms with Crippen molar-refractivity contribution in [3.05, 3.63) is 23.3 Å². The Bertz CT molecular complexity index is 201. The van der Waals surface area contributed by atoms with Gasteiger partial charge in [-0.25, -0.2) is 0 Å². The second-order valence-electron chi connectivity index (χ2n) is 3.15. The van der Waals surface area contributed by atoms with Crippen LogP contribution in [0.1, 0.15) is 25.7 Å². The van der Waals surface area contributed by atoms with Crippen molar-refractivity contribution in [2.24, 2.45) is 5.73 Å². The van der Waals surface area contributed by atoms with Crippen LogP contribution in [0.15, 0.2) is 23.3 Å². The molecule has 1 heteroatoms. The Balaban J connectivity index is 2.30. The third-order valence-electron chi connectivity index (χ3n) is 2.48. The summed E-state index contributed by atoms with van der Waals surface area (Å²) in [5, 5.41) is 0. The highest BCUT2D eigenvalue weighted by atomic mass is 14.6. The van der Waals surface area contributed by atoms with Crippen LogP contribution in [0.2, 0.25) is 0 Å². The van der Waals surface area contributed by atoms with E-state index in [-0.39, 0.29) is 0 Å². The molecule has 2 rings (SSSR count). The zero-order valence-electron chi connectivity index (χ0n) is 6.14. The van der Waals surface area contributed by atoms with E-state index >= 15 is 0 Å². The summed E-state index contributed by atoms with van der Waals surface area (Å²) in [6.07, 6.45) is 9.38. The SMILES string of the molecule is N[C@H]1CCC2=C1C=CCC2. The van der Waals surface area contributed by atoms with Crippen LogP contribution in [-0.4, -0.2) is 6.04 Å². The van der Waals surface area contributed by atoms with Crippen LogP contribution >= 0.6 is 0 Å². The lowest BCUT2D eigenvalue weighted by Crippen LogP contribution is -2.17. The van der Waals surface area contributed by atoms with E-state index in [1.165, 1.54) is 31.3 Å². The van der Waals surface area contributed by atoms with Gasteiger partial charge in [0.25, 0.3) is 0 Å². The second kappa shape index (κ2) is 2.24. The zero-order chi connectivity index (χ0) is 6.97. The summed E-state index contributed by atoms with van der Waals surface area (Å²) < 4.78 is 0. The first kappa shape index (κ1) is 6.17. The van der Waals surface area contributed by atoms with Gasteiger partial charge in [0.15, 0.2) is 0 Å². The minimum Gasteiger partial charge on any atom is -0.324 e. The fourth-order valence-corrected chi connectivity index (χ4v) is 1.87. The molecule has 0 aromatic carbocycles. The lowest BCUT2D eigenvalue weighted by atomic mass is 9.99. The van der Waals surface area contributed by atoms with Crippen LogP contribution in [-0.2, 0) is 0 Å². The molecule has 0 aromatic heterocycles. The molecule has 1 atom stereocenters. The maximum Gasteiger partial charge on any atom is 0.0297 e. The second-order valence-corrected chi connectivity index (χ2v) is 3.15. The lowest BCUT2D eigenvalue weighted by Gasteiger charge is -2.09. The van der Waals surface area contributed by atoms with Crippen LogP contribution in [0, 0.1) is 0 Å². The third kappa shape index (κ3) is 0.816. The van der Waals surface area contributed by atoms with Gasteiger partial charge in [-0.05, 0) is 31.3 Å². The molecule has 1 nitrogen and oxygen atoms in total. The summed E-state index contributed by atoms with van der Waals surface area (Å²) in [6, 6.07) is 0.353. The van der Waals surface area contributed by atoms with E-state index in [0.717, 1.165) is 0 Å². The molecular weight excluding hydrogens is 122 g/mol. The summed E-state index contributed by atoms with van der Waals surface area (Å²) in [6.45, 7) is 0. The number of allylic oxidation sites excluding steroid dienone is 2. The smallest absolute Gasteiger partial charge is 0.0297 e. The average molecular weight is 135 g/mol. The van der Waals surface area contributed by atoms with E-state index in [1.54, 1.807) is 5.57 Å². The summed E-state index contributed by atoms with van der Waals surface area (Å²) >= 11 is 0. The molecule has 0 aromatic rings. The number of rotatable bonds is 0. The van der Waals surface area contributed by atoms with E-state index in [2.05, 4.69) is 12.2 Å². The largest absolute Gasteiger partial charge is 0.324 e. The maximum atomic E-state index is 5.88. The molecule has 54 valence electrons. The molecule has 2 aliphatic carbocycles. The quantitative estimate of drug-likeness (QED) is 0.538. The Hall–Kier alpha value is -0.560. The van der Waals surface area contributed by atoms with Gasteiger partial charge in [0.1, 0.15) is 0 Å². The zero-order valence-corrected chi connectivity index (χ0v) is 6.14. The molecule has 0 bridgehead atoms. The highest BCUT2D eigenvalue weighted by molar-refractivity contribution is 5.37. The summed E-state index contributed by atoms with van der Waals surface area (Å²) in [4.78, 5) is 0. The van der Waals surface area contributed by atoms with Gasteiger partial charge in [-0.3, -0.25) is 0 Å². The van der Waals surface area contributed by atoms with E-state index in [4.69, 9.17) is 5.73 Å². The van der Waals surface area contributed by atoms with Crippen molar-refractivity contribution in [1.29, 1.82) is 0 Å². The first-order chi connectivity index (χ1) is 4.88. The molecule has 0 saturated heterocycles. The molecule has 2 N–H and O–H groups in total. The molecule has 0 spiro atoms. The van der Waals surface area contributed by atoms with E-state index in [0.29, 0.717) is 6.04 Å². The first-order valence-corrected chi connectivity index (χ1v) is 4.02. The van der Waals surface area contributed by atoms with Crippen LogP contribution in [0.4, 0.5) is 0 Å². The molecule has 0 unspecified atom stereocenters. The Labute approximate surface area is 61.6 Å². The molecule has 10 heavy (non-hydrogen) atoms. The van der Waals surface area contributed by atoms with Gasteiger partial charge in [-0.2, -0.15) is 0 Å². The van der Waals surface area contributed by atoms with Crippen LogP contribution in [0.5, 0.6) is 0 Å². The van der Waals surface area contributed by atoms with Crippen LogP contribution < -0.4 is 5.73 Å². The summed E-state index contributed by atoms with van der Waals surface area (Å²) in [5.74, 6) is 0. The Kier molecular flexibility index (Phi) is 1.38. The fraction of sp³-hybridized carbons (Fsp3) is 0.556. The van der Waals surface area contributed by atoms with Gasteiger partial charge < -0.3 is 5.73 Å². The van der Waals surface area contributed by atoms with Crippen molar-refractivity contribution in [3.63, 3.8) is 0 Å². The van der Waals surface area contributed by atoms with Crippen LogP contribution in [0.25, 0.3) is 0 Å². The topological polar surface area (TPSA) is 26.0 Å². The van der Waals surface area contributed by atoms with Gasteiger partial charge in [0, 0.05) is 6.04 Å². The highest BCUT2D eigenvalue weighted by Crippen LogP contribution is 2.32. The number of hydrogen-bond acceptors (Lipinski definition) is 1. The monoisotopic (exact) mass is 135 g/mol. The van der Waals surface area contributed by atoms with E-state index in [9.17, 15) is 0 Å². The first-order valence-electron chi connectivity index (χ1n) is 4.02. The predicted octanol–water partition coefficient (Wildman–Crippen LogP) is 1.75. The minimum absolute atomic E-state index is 0.353.